The zero-order valence-corrected chi connectivity index (χ0v) is 20.9. The number of carbonyl (C=O) groups is 1. The number of benzene rings is 1. The molecule has 0 bridgehead atoms. The number of hydrogen-bond acceptors (Lipinski definition) is 9. The zero-order chi connectivity index (χ0) is 24.8. The van der Waals surface area contributed by atoms with Crippen LogP contribution in [0.3, 0.4) is 0 Å². The predicted octanol–water partition coefficient (Wildman–Crippen LogP) is 1.87. The number of anilines is 1. The lowest BCUT2D eigenvalue weighted by molar-refractivity contribution is -0.0944. The lowest BCUT2D eigenvalue weighted by Crippen LogP contribution is -2.57. The van der Waals surface area contributed by atoms with Gasteiger partial charge in [0.25, 0.3) is 0 Å². The van der Waals surface area contributed by atoms with Crippen LogP contribution in [0.2, 0.25) is 0 Å². The number of hydrogen-bond donors (Lipinski definition) is 1. The number of fused-ring (bicyclic) bond motifs is 1. The van der Waals surface area contributed by atoms with E-state index in [9.17, 15) is 18.3 Å². The molecule has 10 heteroatoms. The summed E-state index contributed by atoms with van der Waals surface area (Å²) in [6, 6.07) is 6.95. The van der Waals surface area contributed by atoms with Crippen LogP contribution in [0.25, 0.3) is 0 Å². The Kier molecular flexibility index (Phi) is 6.33. The molecule has 35 heavy (non-hydrogen) atoms. The number of sulfone groups is 1. The van der Waals surface area contributed by atoms with Crippen LogP contribution in [0, 0.1) is 6.92 Å². The van der Waals surface area contributed by atoms with Gasteiger partial charge in [-0.05, 0) is 49.1 Å². The zero-order valence-electron chi connectivity index (χ0n) is 20.1. The van der Waals surface area contributed by atoms with Gasteiger partial charge in [0.1, 0.15) is 12.4 Å². The molecule has 4 heterocycles. The third kappa shape index (κ3) is 4.80. The molecule has 3 aliphatic rings. The molecule has 0 aliphatic carbocycles. The number of piperidine rings is 1. The van der Waals surface area contributed by atoms with E-state index in [-0.39, 0.29) is 23.1 Å². The van der Waals surface area contributed by atoms with E-state index in [1.54, 1.807) is 18.2 Å². The van der Waals surface area contributed by atoms with Gasteiger partial charge in [0, 0.05) is 50.7 Å². The maximum atomic E-state index is 11.8. The van der Waals surface area contributed by atoms with Crippen molar-refractivity contribution in [2.75, 3.05) is 50.5 Å². The summed E-state index contributed by atoms with van der Waals surface area (Å²) >= 11 is 0. The van der Waals surface area contributed by atoms with E-state index in [1.165, 1.54) is 12.5 Å². The van der Waals surface area contributed by atoms with Crippen molar-refractivity contribution < 1.29 is 27.8 Å². The van der Waals surface area contributed by atoms with Crippen LogP contribution in [0.15, 0.2) is 35.4 Å². The SMILES string of the molecule is Cc1c([C@@H](O)CN2CCC3(CC2)CN(c2ccc(S(C)(=O)=O)cn2)CCO3)ccc2c1COC2=O. The van der Waals surface area contributed by atoms with Crippen molar-refractivity contribution in [3.63, 3.8) is 0 Å². The monoisotopic (exact) mass is 501 g/mol. The van der Waals surface area contributed by atoms with E-state index in [1.807, 2.05) is 13.0 Å². The minimum Gasteiger partial charge on any atom is -0.457 e. The number of esters is 1. The topological polar surface area (TPSA) is 109 Å². The summed E-state index contributed by atoms with van der Waals surface area (Å²) in [5.41, 5.74) is 2.95. The Bertz CT molecular complexity index is 1220. The number of likely N-dealkylation sites (tertiary alicyclic amines) is 1. The van der Waals surface area contributed by atoms with Crippen LogP contribution in [0.5, 0.6) is 0 Å². The van der Waals surface area contributed by atoms with Crippen molar-refractivity contribution in [3.05, 3.63) is 52.7 Å². The first-order valence-electron chi connectivity index (χ1n) is 11.9. The highest BCUT2D eigenvalue weighted by Crippen LogP contribution is 2.34. The molecule has 2 aromatic rings. The summed E-state index contributed by atoms with van der Waals surface area (Å²) in [6.45, 7) is 6.33. The molecule has 0 amide bonds. The van der Waals surface area contributed by atoms with Crippen LogP contribution in [-0.4, -0.2) is 80.6 Å². The third-order valence-electron chi connectivity index (χ3n) is 7.49. The first kappa shape index (κ1) is 24.2. The van der Waals surface area contributed by atoms with Crippen LogP contribution in [-0.2, 0) is 25.9 Å². The number of carbonyl (C=O) groups excluding carboxylic acids is 1. The van der Waals surface area contributed by atoms with E-state index in [2.05, 4.69) is 14.8 Å². The molecule has 1 N–H and O–H groups in total. The number of aliphatic hydroxyl groups excluding tert-OH is 1. The maximum absolute atomic E-state index is 11.8. The second-order valence-corrected chi connectivity index (χ2v) is 11.8. The van der Waals surface area contributed by atoms with Crippen molar-refractivity contribution in [2.45, 2.75) is 43.0 Å². The minimum absolute atomic E-state index is 0.217. The largest absolute Gasteiger partial charge is 0.457 e. The van der Waals surface area contributed by atoms with Gasteiger partial charge in [-0.15, -0.1) is 0 Å². The normalized spacial score (nSPS) is 21.1. The number of nitrogens with zero attached hydrogens (tertiary/aromatic N) is 3. The van der Waals surface area contributed by atoms with Gasteiger partial charge in [0.05, 0.1) is 28.8 Å². The molecule has 0 unspecified atom stereocenters. The van der Waals surface area contributed by atoms with Crippen molar-refractivity contribution in [1.82, 2.24) is 9.88 Å². The van der Waals surface area contributed by atoms with Crippen LogP contribution >= 0.6 is 0 Å². The number of β-amino-alcohol motifs (C(OH)–C–C–N with tert-alkyl or cyclic N) is 1. The van der Waals surface area contributed by atoms with Gasteiger partial charge in [-0.1, -0.05) is 6.07 Å². The number of morpholine rings is 1. The Morgan fingerprint density at radius 1 is 1.17 bits per heavy atom. The Hall–Kier alpha value is -2.53. The maximum Gasteiger partial charge on any atom is 0.338 e. The average Bonchev–Trinajstić information content (AvgIpc) is 3.22. The second kappa shape index (κ2) is 9.16. The Labute approximate surface area is 205 Å². The number of aromatic nitrogens is 1. The fraction of sp³-hybridized carbons (Fsp3) is 0.520. The van der Waals surface area contributed by atoms with E-state index in [4.69, 9.17) is 9.47 Å². The fourth-order valence-corrected chi connectivity index (χ4v) is 5.90. The van der Waals surface area contributed by atoms with Crippen molar-refractivity contribution in [1.29, 1.82) is 0 Å². The smallest absolute Gasteiger partial charge is 0.338 e. The first-order valence-corrected chi connectivity index (χ1v) is 13.8. The molecule has 3 aliphatic heterocycles. The van der Waals surface area contributed by atoms with Crippen LogP contribution in [0.4, 0.5) is 5.82 Å². The first-order chi connectivity index (χ1) is 16.7. The summed E-state index contributed by atoms with van der Waals surface area (Å²) < 4.78 is 34.8. The van der Waals surface area contributed by atoms with E-state index in [0.29, 0.717) is 31.8 Å². The van der Waals surface area contributed by atoms with Gasteiger partial charge in [0.2, 0.25) is 0 Å². The number of rotatable bonds is 5. The van der Waals surface area contributed by atoms with Crippen LogP contribution in [0.1, 0.15) is 46.0 Å². The minimum atomic E-state index is -3.27. The molecule has 1 aromatic heterocycles. The molecule has 9 nitrogen and oxygen atoms in total. The molecule has 2 fully saturated rings. The fourth-order valence-electron chi connectivity index (χ4n) is 5.34. The predicted molar refractivity (Wildman–Crippen MR) is 129 cm³/mol. The number of aliphatic hydroxyl groups is 1. The Morgan fingerprint density at radius 3 is 2.63 bits per heavy atom. The van der Waals surface area contributed by atoms with E-state index in [0.717, 1.165) is 48.4 Å². The molecule has 0 saturated carbocycles. The highest BCUT2D eigenvalue weighted by atomic mass is 32.2. The van der Waals surface area contributed by atoms with Gasteiger partial charge >= 0.3 is 5.97 Å². The van der Waals surface area contributed by atoms with Gasteiger partial charge < -0.3 is 24.4 Å². The number of cyclic esters (lactones) is 1. The molecule has 1 spiro atoms. The summed E-state index contributed by atoms with van der Waals surface area (Å²) in [5.74, 6) is 0.459. The van der Waals surface area contributed by atoms with Gasteiger partial charge in [0.15, 0.2) is 9.84 Å². The number of pyridine rings is 1. The van der Waals surface area contributed by atoms with Crippen molar-refractivity contribution in [2.24, 2.45) is 0 Å². The van der Waals surface area contributed by atoms with Crippen molar-refractivity contribution >= 4 is 21.6 Å². The summed E-state index contributed by atoms with van der Waals surface area (Å²) in [5, 5.41) is 11.0. The quantitative estimate of drug-likeness (QED) is 0.614. The second-order valence-electron chi connectivity index (χ2n) is 9.78. The Balaban J connectivity index is 1.20. The van der Waals surface area contributed by atoms with Gasteiger partial charge in [-0.3, -0.25) is 0 Å². The van der Waals surface area contributed by atoms with Gasteiger partial charge in [-0.25, -0.2) is 18.2 Å². The lowest BCUT2D eigenvalue weighted by atomic mass is 9.88. The highest BCUT2D eigenvalue weighted by molar-refractivity contribution is 7.90. The van der Waals surface area contributed by atoms with Crippen molar-refractivity contribution in [3.8, 4) is 0 Å². The van der Waals surface area contributed by atoms with E-state index >= 15 is 0 Å². The molecular formula is C25H31N3O6S. The molecular weight excluding hydrogens is 470 g/mol. The molecule has 0 radical (unpaired) electrons. The standard InChI is InChI=1S/C25H31N3O6S/c1-17-19(4-5-20-21(17)15-33-24(20)30)22(29)14-27-9-7-25(8-10-27)16-28(11-12-34-25)23-6-3-18(13-26-23)35(2,31)32/h3-6,13,22,29H,7-12,14-16H2,1-2H3/t22-/m0/s1. The number of ether oxygens (including phenoxy) is 2. The molecule has 188 valence electrons. The molecule has 1 atom stereocenters. The average molecular weight is 502 g/mol. The van der Waals surface area contributed by atoms with Crippen LogP contribution < -0.4 is 4.90 Å². The Morgan fingerprint density at radius 2 is 1.94 bits per heavy atom. The summed E-state index contributed by atoms with van der Waals surface area (Å²) in [6.07, 6.45) is 3.62. The lowest BCUT2D eigenvalue weighted by Gasteiger charge is -2.47. The van der Waals surface area contributed by atoms with E-state index < -0.39 is 15.9 Å². The summed E-state index contributed by atoms with van der Waals surface area (Å²) in [7, 11) is -3.27. The molecule has 1 aromatic carbocycles. The molecule has 5 rings (SSSR count). The summed E-state index contributed by atoms with van der Waals surface area (Å²) in [4.78, 5) is 20.8. The van der Waals surface area contributed by atoms with Gasteiger partial charge in [-0.2, -0.15) is 0 Å². The molecule has 2 saturated heterocycles. The third-order valence-corrected chi connectivity index (χ3v) is 8.58. The highest BCUT2D eigenvalue weighted by Gasteiger charge is 2.40.